The number of hydrogen-bond donors (Lipinski definition) is 0. The van der Waals surface area contributed by atoms with Crippen molar-refractivity contribution in [1.82, 2.24) is 0 Å². The Hall–Kier alpha value is -5.24. The first-order valence-electron chi connectivity index (χ1n) is 19.7. The van der Waals surface area contributed by atoms with Crippen LogP contribution in [0.5, 0.6) is 0 Å². The molecule has 0 spiro atoms. The summed E-state index contributed by atoms with van der Waals surface area (Å²) in [7, 11) is 0. The van der Waals surface area contributed by atoms with Crippen molar-refractivity contribution in [2.75, 3.05) is 0 Å². The molecule has 4 atom stereocenters. The maximum atomic E-state index is 15.7. The SMILES string of the molecule is CC(C)(C)OC(=O)C(c1ccccc1)C(C(=O)OC(C)(C)C)C1(C(C(=O)OC(C)(C)C)C(C(=O)OC(C)(C)C)c2ccccc2)c2ccccc2-c2ccccc21. The molecule has 0 aliphatic heterocycles. The van der Waals surface area contributed by atoms with Crippen LogP contribution < -0.4 is 0 Å². The van der Waals surface area contributed by atoms with Gasteiger partial charge >= 0.3 is 23.9 Å². The minimum absolute atomic E-state index is 0.473. The average Bonchev–Trinajstić information content (AvgIpc) is 3.37. The zero-order chi connectivity index (χ0) is 42.1. The zero-order valence-corrected chi connectivity index (χ0v) is 35.5. The summed E-state index contributed by atoms with van der Waals surface area (Å²) >= 11 is 0. The van der Waals surface area contributed by atoms with Crippen LogP contribution in [0.25, 0.3) is 11.1 Å². The Morgan fingerprint density at radius 2 is 0.649 bits per heavy atom. The first-order chi connectivity index (χ1) is 26.4. The molecule has 0 aromatic heterocycles. The van der Waals surface area contributed by atoms with Gasteiger partial charge in [-0.05, 0) is 116 Å². The van der Waals surface area contributed by atoms with Crippen molar-refractivity contribution in [3.05, 3.63) is 131 Å². The zero-order valence-electron chi connectivity index (χ0n) is 35.5. The lowest BCUT2D eigenvalue weighted by molar-refractivity contribution is -0.180. The molecule has 0 amide bonds. The van der Waals surface area contributed by atoms with Gasteiger partial charge in [0.1, 0.15) is 22.4 Å². The van der Waals surface area contributed by atoms with Crippen LogP contribution in [-0.4, -0.2) is 46.3 Å². The van der Waals surface area contributed by atoms with E-state index in [1.807, 2.05) is 60.7 Å². The van der Waals surface area contributed by atoms with Gasteiger partial charge in [0.05, 0.1) is 29.1 Å². The largest absolute Gasteiger partial charge is 0.460 e. The van der Waals surface area contributed by atoms with Crippen molar-refractivity contribution in [2.45, 2.75) is 123 Å². The summed E-state index contributed by atoms with van der Waals surface area (Å²) in [5.74, 6) is -8.60. The minimum atomic E-state index is -1.81. The van der Waals surface area contributed by atoms with Crippen LogP contribution >= 0.6 is 0 Å². The molecule has 0 N–H and O–H groups in total. The number of carbonyl (C=O) groups is 4. The Morgan fingerprint density at radius 3 is 0.947 bits per heavy atom. The van der Waals surface area contributed by atoms with Crippen molar-refractivity contribution >= 4 is 23.9 Å². The van der Waals surface area contributed by atoms with E-state index in [9.17, 15) is 0 Å². The molecule has 8 nitrogen and oxygen atoms in total. The van der Waals surface area contributed by atoms with E-state index in [-0.39, 0.29) is 0 Å². The van der Waals surface area contributed by atoms with Gasteiger partial charge in [0.25, 0.3) is 0 Å². The molecule has 0 saturated heterocycles. The highest BCUT2D eigenvalue weighted by Gasteiger charge is 2.66. The third-order valence-corrected chi connectivity index (χ3v) is 9.64. The predicted molar refractivity (Wildman–Crippen MR) is 221 cm³/mol. The third-order valence-electron chi connectivity index (χ3n) is 9.64. The number of carbonyl (C=O) groups excluding carboxylic acids is 4. The van der Waals surface area contributed by atoms with Crippen LogP contribution in [0.2, 0.25) is 0 Å². The molecule has 0 fully saturated rings. The molecular formula is C49H58O8. The van der Waals surface area contributed by atoms with Crippen LogP contribution in [0.15, 0.2) is 109 Å². The molecule has 4 aromatic carbocycles. The number of fused-ring (bicyclic) bond motifs is 3. The molecule has 0 saturated carbocycles. The Kier molecular flexibility index (Phi) is 12.0. The minimum Gasteiger partial charge on any atom is -0.460 e. The topological polar surface area (TPSA) is 105 Å². The molecule has 57 heavy (non-hydrogen) atoms. The highest BCUT2D eigenvalue weighted by Crippen LogP contribution is 2.63. The van der Waals surface area contributed by atoms with Gasteiger partial charge in [0.2, 0.25) is 0 Å². The van der Waals surface area contributed by atoms with E-state index in [1.165, 1.54) is 0 Å². The molecule has 4 unspecified atom stereocenters. The first kappa shape index (κ1) is 42.9. The van der Waals surface area contributed by atoms with Gasteiger partial charge in [-0.1, -0.05) is 109 Å². The highest BCUT2D eigenvalue weighted by atomic mass is 16.6. The molecule has 0 bridgehead atoms. The molecule has 5 rings (SSSR count). The maximum Gasteiger partial charge on any atom is 0.314 e. The summed E-state index contributed by atoms with van der Waals surface area (Å²) in [4.78, 5) is 61.7. The van der Waals surface area contributed by atoms with Gasteiger partial charge in [-0.3, -0.25) is 19.2 Å². The standard InChI is InChI=1S/C49H58O8/c1-45(2,3)54-41(50)37(31-23-15-13-16-24-31)39(43(52)56-47(7,8)9)49(35-29-21-19-27-33(35)34-28-20-22-30-36(34)49)40(44(53)57-48(10,11)12)38(32-25-17-14-18-26-32)42(51)55-46(4,5)6/h13-30,37-40H,1-12H3. The van der Waals surface area contributed by atoms with Gasteiger partial charge in [-0.15, -0.1) is 0 Å². The summed E-state index contributed by atoms with van der Waals surface area (Å²) < 4.78 is 25.2. The van der Waals surface area contributed by atoms with E-state index in [0.717, 1.165) is 11.1 Å². The molecule has 0 radical (unpaired) electrons. The van der Waals surface area contributed by atoms with E-state index in [1.54, 1.807) is 132 Å². The third kappa shape index (κ3) is 9.49. The van der Waals surface area contributed by atoms with Crippen LogP contribution in [0, 0.1) is 11.8 Å². The quantitative estimate of drug-likeness (QED) is 0.116. The fourth-order valence-corrected chi connectivity index (χ4v) is 8.05. The van der Waals surface area contributed by atoms with E-state index < -0.39 is 75.4 Å². The molecule has 302 valence electrons. The summed E-state index contributed by atoms with van der Waals surface area (Å²) in [6.45, 7) is 21.2. The average molecular weight is 775 g/mol. The van der Waals surface area contributed by atoms with Crippen molar-refractivity contribution in [3.8, 4) is 11.1 Å². The molecule has 1 aliphatic carbocycles. The number of rotatable bonds is 10. The van der Waals surface area contributed by atoms with E-state index in [0.29, 0.717) is 22.3 Å². The summed E-state index contributed by atoms with van der Waals surface area (Å²) in [6, 6.07) is 33.0. The lowest BCUT2D eigenvalue weighted by atomic mass is 9.53. The Labute approximate surface area is 338 Å². The number of ether oxygens (including phenoxy) is 4. The van der Waals surface area contributed by atoms with Crippen molar-refractivity contribution in [1.29, 1.82) is 0 Å². The predicted octanol–water partition coefficient (Wildman–Crippen LogP) is 10.1. The molecule has 1 aliphatic rings. The molecule has 4 aromatic rings. The van der Waals surface area contributed by atoms with E-state index >= 15 is 19.2 Å². The lowest BCUT2D eigenvalue weighted by Gasteiger charge is -2.48. The second-order valence-electron chi connectivity index (χ2n) is 18.8. The van der Waals surface area contributed by atoms with Crippen LogP contribution in [0.3, 0.4) is 0 Å². The Morgan fingerprint density at radius 1 is 0.386 bits per heavy atom. The monoisotopic (exact) mass is 774 g/mol. The fraction of sp³-hybridized carbons (Fsp3) is 0.429. The first-order valence-corrected chi connectivity index (χ1v) is 19.7. The maximum absolute atomic E-state index is 15.7. The van der Waals surface area contributed by atoms with Crippen molar-refractivity contribution < 1.29 is 38.1 Å². The van der Waals surface area contributed by atoms with Crippen molar-refractivity contribution in [3.63, 3.8) is 0 Å². The highest BCUT2D eigenvalue weighted by molar-refractivity contribution is 5.97. The van der Waals surface area contributed by atoms with E-state index in [4.69, 9.17) is 18.9 Å². The number of hydrogen-bond acceptors (Lipinski definition) is 8. The molecular weight excluding hydrogens is 717 g/mol. The smallest absolute Gasteiger partial charge is 0.314 e. The summed E-state index contributed by atoms with van der Waals surface area (Å²) in [5, 5.41) is 0. The summed E-state index contributed by atoms with van der Waals surface area (Å²) in [6.07, 6.45) is 0. The number of esters is 4. The van der Waals surface area contributed by atoms with Crippen molar-refractivity contribution in [2.24, 2.45) is 11.8 Å². The van der Waals surface area contributed by atoms with Gasteiger partial charge < -0.3 is 18.9 Å². The lowest BCUT2D eigenvalue weighted by Crippen LogP contribution is -2.57. The van der Waals surface area contributed by atoms with Gasteiger partial charge in [0, 0.05) is 0 Å². The Balaban J connectivity index is 2.08. The van der Waals surface area contributed by atoms with Gasteiger partial charge in [-0.2, -0.15) is 0 Å². The van der Waals surface area contributed by atoms with Crippen LogP contribution in [-0.2, 0) is 43.5 Å². The second kappa shape index (κ2) is 16.0. The van der Waals surface area contributed by atoms with Gasteiger partial charge in [0.15, 0.2) is 0 Å². The van der Waals surface area contributed by atoms with Crippen LogP contribution in [0.4, 0.5) is 0 Å². The molecule has 0 heterocycles. The second-order valence-corrected chi connectivity index (χ2v) is 18.8. The number of benzene rings is 4. The molecule has 8 heteroatoms. The van der Waals surface area contributed by atoms with E-state index in [2.05, 4.69) is 0 Å². The normalized spacial score (nSPS) is 15.9. The van der Waals surface area contributed by atoms with Crippen LogP contribution in [0.1, 0.15) is 117 Å². The summed E-state index contributed by atoms with van der Waals surface area (Å²) in [5.41, 5.74) is -2.26. The fourth-order valence-electron chi connectivity index (χ4n) is 8.05. The van der Waals surface area contributed by atoms with Gasteiger partial charge in [-0.25, -0.2) is 0 Å². The Bertz CT molecular complexity index is 1920.